The van der Waals surface area contributed by atoms with Crippen molar-refractivity contribution < 1.29 is 19.7 Å². The number of ether oxygens (including phenoxy) is 2. The topological polar surface area (TPSA) is 65.5 Å². The van der Waals surface area contributed by atoms with Crippen LogP contribution >= 0.6 is 0 Å². The predicted molar refractivity (Wildman–Crippen MR) is 31.5 cm³/mol. The van der Waals surface area contributed by atoms with Gasteiger partial charge in [-0.25, -0.2) is 0 Å². The molecular formula is C6H10O4. The molecule has 4 atom stereocenters. The summed E-state index contributed by atoms with van der Waals surface area (Å²) in [4.78, 5) is 0. The molecule has 2 saturated heterocycles. The Hall–Kier alpha value is -0.160. The van der Waals surface area contributed by atoms with Crippen LogP contribution in [0.25, 0.3) is 0 Å². The Labute approximate surface area is 58.4 Å². The van der Waals surface area contributed by atoms with Crippen LogP contribution in [0, 0.1) is 0 Å². The molecule has 2 fully saturated rings. The van der Waals surface area contributed by atoms with Gasteiger partial charge in [-0.3, -0.25) is 0 Å². The van der Waals surface area contributed by atoms with Crippen LogP contribution < -0.4 is 0 Å². The second-order valence-electron chi connectivity index (χ2n) is 2.64. The molecule has 4 heteroatoms. The van der Waals surface area contributed by atoms with Crippen molar-refractivity contribution in [2.75, 3.05) is 13.2 Å². The summed E-state index contributed by atoms with van der Waals surface area (Å²) in [5, 5.41) is 17.1. The minimum Gasteiger partial charge on any atom is -0.394 e. The van der Waals surface area contributed by atoms with E-state index in [-0.39, 0.29) is 37.6 Å². The normalized spacial score (nSPS) is 51.0. The first kappa shape index (κ1) is 6.54. The van der Waals surface area contributed by atoms with Gasteiger partial charge in [0.2, 0.25) is 0 Å². The lowest BCUT2D eigenvalue weighted by atomic mass is 10.2. The minimum absolute atomic E-state index is 0.0402. The molecule has 2 aliphatic rings. The van der Waals surface area contributed by atoms with Gasteiger partial charge in [0, 0.05) is 0 Å². The molecule has 10 heavy (non-hydrogen) atoms. The van der Waals surface area contributed by atoms with Gasteiger partial charge >= 0.3 is 0 Å². The number of hydrogen-bond acceptors (Lipinski definition) is 4. The predicted octanol–water partition coefficient (Wildman–Crippen LogP) is -1.49. The van der Waals surface area contributed by atoms with Crippen molar-refractivity contribution in [3.05, 3.63) is 0 Å². The molecule has 0 bridgehead atoms. The lowest BCUT2D eigenvalue weighted by Gasteiger charge is -1.82. The highest BCUT2D eigenvalue weighted by atomic mass is 16.7. The molecule has 0 aromatic heterocycles. The zero-order valence-corrected chi connectivity index (χ0v) is 5.43. The van der Waals surface area contributed by atoms with E-state index in [4.69, 9.17) is 19.7 Å². The molecule has 0 spiro atoms. The summed E-state index contributed by atoms with van der Waals surface area (Å²) in [5.41, 5.74) is 0. The van der Waals surface area contributed by atoms with Crippen molar-refractivity contribution in [2.24, 2.45) is 0 Å². The largest absolute Gasteiger partial charge is 0.394 e. The van der Waals surface area contributed by atoms with Gasteiger partial charge in [-0.2, -0.15) is 0 Å². The van der Waals surface area contributed by atoms with Crippen molar-refractivity contribution >= 4 is 0 Å². The quantitative estimate of drug-likeness (QED) is 0.476. The van der Waals surface area contributed by atoms with Gasteiger partial charge in [-0.05, 0) is 0 Å². The number of rotatable bonds is 3. The highest BCUT2D eigenvalue weighted by Crippen LogP contribution is 2.37. The SMILES string of the molecule is OC[C@H]1O[C@@H]1[C@@H]1O[C@@H]1CO. The average Bonchev–Trinajstić information content (AvgIpc) is 2.83. The molecular weight excluding hydrogens is 136 g/mol. The Morgan fingerprint density at radius 3 is 1.50 bits per heavy atom. The molecule has 58 valence electrons. The third-order valence-electron chi connectivity index (χ3n) is 1.93. The molecule has 2 rings (SSSR count). The van der Waals surface area contributed by atoms with Crippen LogP contribution in [-0.4, -0.2) is 47.8 Å². The molecule has 2 aliphatic heterocycles. The molecule has 0 aliphatic carbocycles. The van der Waals surface area contributed by atoms with Gasteiger partial charge in [0.25, 0.3) is 0 Å². The van der Waals surface area contributed by atoms with Crippen molar-refractivity contribution in [1.82, 2.24) is 0 Å². The zero-order chi connectivity index (χ0) is 7.14. The van der Waals surface area contributed by atoms with E-state index in [9.17, 15) is 0 Å². The fourth-order valence-electron chi connectivity index (χ4n) is 1.18. The molecule has 2 heterocycles. The Kier molecular flexibility index (Phi) is 1.42. The first-order valence-corrected chi connectivity index (χ1v) is 3.39. The Bertz CT molecular complexity index is 122. The van der Waals surface area contributed by atoms with Crippen molar-refractivity contribution in [3.8, 4) is 0 Å². The molecule has 0 saturated carbocycles. The summed E-state index contributed by atoms with van der Waals surface area (Å²) < 4.78 is 10.1. The standard InChI is InChI=1S/C6H10O4/c7-1-3-5(9-3)6-4(2-8)10-6/h3-8H,1-2H2/t3-,4-,5-,6+/m1/s1. The lowest BCUT2D eigenvalue weighted by molar-refractivity contribution is 0.235. The van der Waals surface area contributed by atoms with E-state index in [2.05, 4.69) is 0 Å². The fraction of sp³-hybridized carbons (Fsp3) is 1.00. The van der Waals surface area contributed by atoms with Gasteiger partial charge < -0.3 is 19.7 Å². The Morgan fingerprint density at radius 1 is 0.900 bits per heavy atom. The summed E-state index contributed by atoms with van der Waals surface area (Å²) >= 11 is 0. The van der Waals surface area contributed by atoms with Crippen molar-refractivity contribution in [1.29, 1.82) is 0 Å². The number of aliphatic hydroxyl groups excluding tert-OH is 2. The van der Waals surface area contributed by atoms with E-state index in [0.29, 0.717) is 0 Å². The second-order valence-corrected chi connectivity index (χ2v) is 2.64. The molecule has 0 radical (unpaired) electrons. The summed E-state index contributed by atoms with van der Waals surface area (Å²) in [5.74, 6) is 0. The zero-order valence-electron chi connectivity index (χ0n) is 5.43. The smallest absolute Gasteiger partial charge is 0.115 e. The molecule has 0 amide bonds. The number of hydrogen-bond donors (Lipinski definition) is 2. The van der Waals surface area contributed by atoms with Crippen LogP contribution in [0.2, 0.25) is 0 Å². The molecule has 0 aromatic carbocycles. The van der Waals surface area contributed by atoms with Gasteiger partial charge in [0.15, 0.2) is 0 Å². The van der Waals surface area contributed by atoms with Gasteiger partial charge in [-0.15, -0.1) is 0 Å². The maximum Gasteiger partial charge on any atom is 0.115 e. The summed E-state index contributed by atoms with van der Waals surface area (Å²) in [6.07, 6.45) is 0.00685. The Balaban J connectivity index is 1.74. The van der Waals surface area contributed by atoms with E-state index < -0.39 is 0 Å². The summed E-state index contributed by atoms with van der Waals surface area (Å²) in [6.45, 7) is 0.116. The molecule has 0 unspecified atom stereocenters. The van der Waals surface area contributed by atoms with E-state index >= 15 is 0 Å². The summed E-state index contributed by atoms with van der Waals surface area (Å²) in [7, 11) is 0. The van der Waals surface area contributed by atoms with Crippen LogP contribution in [0.3, 0.4) is 0 Å². The number of aliphatic hydroxyl groups is 2. The van der Waals surface area contributed by atoms with E-state index in [1.165, 1.54) is 0 Å². The van der Waals surface area contributed by atoms with E-state index in [1.807, 2.05) is 0 Å². The molecule has 2 N–H and O–H groups in total. The van der Waals surface area contributed by atoms with Crippen LogP contribution in [0.5, 0.6) is 0 Å². The highest BCUT2D eigenvalue weighted by molar-refractivity contribution is 5.02. The fourth-order valence-corrected chi connectivity index (χ4v) is 1.18. The molecule has 4 nitrogen and oxygen atoms in total. The first-order chi connectivity index (χ1) is 4.86. The Morgan fingerprint density at radius 2 is 1.30 bits per heavy atom. The third kappa shape index (κ3) is 0.932. The average molecular weight is 146 g/mol. The van der Waals surface area contributed by atoms with Crippen LogP contribution in [0.15, 0.2) is 0 Å². The van der Waals surface area contributed by atoms with Gasteiger partial charge in [-0.1, -0.05) is 0 Å². The summed E-state index contributed by atoms with van der Waals surface area (Å²) in [6, 6.07) is 0. The van der Waals surface area contributed by atoms with Gasteiger partial charge in [0.05, 0.1) is 13.2 Å². The van der Waals surface area contributed by atoms with Crippen LogP contribution in [0.1, 0.15) is 0 Å². The monoisotopic (exact) mass is 146 g/mol. The van der Waals surface area contributed by atoms with Crippen LogP contribution in [-0.2, 0) is 9.47 Å². The lowest BCUT2D eigenvalue weighted by Crippen LogP contribution is -2.09. The van der Waals surface area contributed by atoms with Crippen molar-refractivity contribution in [2.45, 2.75) is 24.4 Å². The third-order valence-corrected chi connectivity index (χ3v) is 1.93. The molecule has 0 aromatic rings. The van der Waals surface area contributed by atoms with E-state index in [1.54, 1.807) is 0 Å². The van der Waals surface area contributed by atoms with Crippen LogP contribution in [0.4, 0.5) is 0 Å². The number of epoxide rings is 2. The second kappa shape index (κ2) is 2.17. The van der Waals surface area contributed by atoms with E-state index in [0.717, 1.165) is 0 Å². The van der Waals surface area contributed by atoms with Gasteiger partial charge in [0.1, 0.15) is 24.4 Å². The minimum atomic E-state index is -0.0402. The van der Waals surface area contributed by atoms with Crippen molar-refractivity contribution in [3.63, 3.8) is 0 Å². The first-order valence-electron chi connectivity index (χ1n) is 3.39. The highest BCUT2D eigenvalue weighted by Gasteiger charge is 2.56. The maximum atomic E-state index is 8.57. The maximum absolute atomic E-state index is 8.57.